The van der Waals surface area contributed by atoms with Crippen molar-refractivity contribution in [3.63, 3.8) is 0 Å². The highest BCUT2D eigenvalue weighted by atomic mass is 16.6. The van der Waals surface area contributed by atoms with Crippen molar-refractivity contribution in [2.75, 3.05) is 6.61 Å². The van der Waals surface area contributed by atoms with Crippen LogP contribution in [0.25, 0.3) is 10.8 Å². The molecule has 0 aromatic heterocycles. The SMILES string of the molecule is CCOc1ccc(C2(C)OC(=O)C3CCCCC32)c2ccccc12. The van der Waals surface area contributed by atoms with Gasteiger partial charge in [-0.25, -0.2) is 0 Å². The molecule has 3 atom stereocenters. The molecule has 0 radical (unpaired) electrons. The lowest BCUT2D eigenvalue weighted by Gasteiger charge is -2.34. The molecule has 0 N–H and O–H groups in total. The molecule has 2 fully saturated rings. The molecular weight excluding hydrogens is 300 g/mol. The minimum Gasteiger partial charge on any atom is -0.493 e. The van der Waals surface area contributed by atoms with Gasteiger partial charge in [0.15, 0.2) is 0 Å². The Morgan fingerprint density at radius 3 is 2.67 bits per heavy atom. The zero-order valence-electron chi connectivity index (χ0n) is 14.4. The minimum atomic E-state index is -0.535. The van der Waals surface area contributed by atoms with E-state index >= 15 is 0 Å². The number of rotatable bonds is 3. The summed E-state index contributed by atoms with van der Waals surface area (Å²) in [5.74, 6) is 1.22. The van der Waals surface area contributed by atoms with Crippen LogP contribution in [-0.2, 0) is 15.1 Å². The zero-order valence-corrected chi connectivity index (χ0v) is 14.4. The van der Waals surface area contributed by atoms with Crippen LogP contribution in [0.2, 0.25) is 0 Å². The van der Waals surface area contributed by atoms with Crippen LogP contribution >= 0.6 is 0 Å². The third kappa shape index (κ3) is 2.21. The second-order valence-corrected chi connectivity index (χ2v) is 7.12. The first-order chi connectivity index (χ1) is 11.6. The Hall–Kier alpha value is -2.03. The van der Waals surface area contributed by atoms with Gasteiger partial charge in [-0.1, -0.05) is 43.2 Å². The zero-order chi connectivity index (χ0) is 16.7. The Kier molecular flexibility index (Phi) is 3.75. The summed E-state index contributed by atoms with van der Waals surface area (Å²) in [7, 11) is 0. The molecule has 0 amide bonds. The summed E-state index contributed by atoms with van der Waals surface area (Å²) >= 11 is 0. The molecule has 2 aromatic rings. The van der Waals surface area contributed by atoms with Gasteiger partial charge < -0.3 is 9.47 Å². The van der Waals surface area contributed by atoms with Crippen molar-refractivity contribution in [2.45, 2.75) is 45.1 Å². The highest BCUT2D eigenvalue weighted by Crippen LogP contribution is 2.52. The molecule has 126 valence electrons. The number of cyclic esters (lactones) is 1. The molecule has 1 saturated carbocycles. The minimum absolute atomic E-state index is 0.0137. The molecule has 1 heterocycles. The lowest BCUT2D eigenvalue weighted by molar-refractivity contribution is -0.150. The van der Waals surface area contributed by atoms with Crippen molar-refractivity contribution in [2.24, 2.45) is 11.8 Å². The number of carbonyl (C=O) groups excluding carboxylic acids is 1. The van der Waals surface area contributed by atoms with Crippen molar-refractivity contribution in [1.29, 1.82) is 0 Å². The molecule has 24 heavy (non-hydrogen) atoms. The molecule has 1 aliphatic heterocycles. The van der Waals surface area contributed by atoms with Crippen molar-refractivity contribution < 1.29 is 14.3 Å². The van der Waals surface area contributed by atoms with E-state index < -0.39 is 5.60 Å². The summed E-state index contributed by atoms with van der Waals surface area (Å²) in [6.07, 6.45) is 4.35. The largest absolute Gasteiger partial charge is 0.493 e. The van der Waals surface area contributed by atoms with Gasteiger partial charge in [0, 0.05) is 16.9 Å². The topological polar surface area (TPSA) is 35.5 Å². The van der Waals surface area contributed by atoms with E-state index in [4.69, 9.17) is 9.47 Å². The van der Waals surface area contributed by atoms with E-state index in [-0.39, 0.29) is 17.8 Å². The van der Waals surface area contributed by atoms with E-state index in [1.807, 2.05) is 25.1 Å². The van der Waals surface area contributed by atoms with Crippen LogP contribution in [0.5, 0.6) is 5.75 Å². The number of benzene rings is 2. The van der Waals surface area contributed by atoms with Crippen LogP contribution in [0.4, 0.5) is 0 Å². The highest BCUT2D eigenvalue weighted by molar-refractivity contribution is 5.92. The van der Waals surface area contributed by atoms with Gasteiger partial charge in [0.25, 0.3) is 0 Å². The summed E-state index contributed by atoms with van der Waals surface area (Å²) < 4.78 is 11.8. The van der Waals surface area contributed by atoms with Gasteiger partial charge in [0.05, 0.1) is 12.5 Å². The fraction of sp³-hybridized carbons (Fsp3) is 0.476. The Labute approximate surface area is 143 Å². The van der Waals surface area contributed by atoms with Crippen LogP contribution in [0.3, 0.4) is 0 Å². The smallest absolute Gasteiger partial charge is 0.310 e. The van der Waals surface area contributed by atoms with Gasteiger partial charge in [-0.2, -0.15) is 0 Å². The molecule has 0 spiro atoms. The van der Waals surface area contributed by atoms with Gasteiger partial charge in [-0.05, 0) is 38.1 Å². The lowest BCUT2D eigenvalue weighted by atomic mass is 9.70. The Balaban J connectivity index is 1.87. The maximum atomic E-state index is 12.5. The van der Waals surface area contributed by atoms with E-state index in [0.29, 0.717) is 6.61 Å². The van der Waals surface area contributed by atoms with Crippen molar-refractivity contribution in [3.05, 3.63) is 42.0 Å². The van der Waals surface area contributed by atoms with Crippen LogP contribution in [0.15, 0.2) is 36.4 Å². The summed E-state index contributed by atoms with van der Waals surface area (Å²) in [5, 5.41) is 2.22. The highest BCUT2D eigenvalue weighted by Gasteiger charge is 2.54. The fourth-order valence-electron chi connectivity index (χ4n) is 4.67. The van der Waals surface area contributed by atoms with Gasteiger partial charge in [0.1, 0.15) is 11.4 Å². The van der Waals surface area contributed by atoms with Crippen LogP contribution < -0.4 is 4.74 Å². The molecule has 4 rings (SSSR count). The summed E-state index contributed by atoms with van der Waals surface area (Å²) in [5.41, 5.74) is 0.580. The molecule has 0 bridgehead atoms. The normalized spacial score (nSPS) is 29.3. The molecule has 3 unspecified atom stereocenters. The third-order valence-electron chi connectivity index (χ3n) is 5.81. The standard InChI is InChI=1S/C21H24O3/c1-3-23-19-13-12-18(14-8-4-5-9-15(14)19)21(2)17-11-7-6-10-16(17)20(22)24-21/h4-5,8-9,12-13,16-17H,3,6-7,10-11H2,1-2H3. The summed E-state index contributed by atoms with van der Waals surface area (Å²) in [4.78, 5) is 12.5. The van der Waals surface area contributed by atoms with Crippen molar-refractivity contribution >= 4 is 16.7 Å². The van der Waals surface area contributed by atoms with Crippen LogP contribution in [0.1, 0.15) is 45.1 Å². The van der Waals surface area contributed by atoms with Gasteiger partial charge >= 0.3 is 5.97 Å². The number of hydrogen-bond acceptors (Lipinski definition) is 3. The number of carbonyl (C=O) groups is 1. The van der Waals surface area contributed by atoms with Crippen molar-refractivity contribution in [1.82, 2.24) is 0 Å². The quantitative estimate of drug-likeness (QED) is 0.760. The number of ether oxygens (including phenoxy) is 2. The monoisotopic (exact) mass is 324 g/mol. The first-order valence-corrected chi connectivity index (χ1v) is 9.03. The maximum Gasteiger partial charge on any atom is 0.310 e. The molecule has 3 nitrogen and oxygen atoms in total. The average Bonchev–Trinajstić information content (AvgIpc) is 2.87. The Morgan fingerprint density at radius 1 is 1.12 bits per heavy atom. The van der Waals surface area contributed by atoms with E-state index in [2.05, 4.69) is 25.1 Å². The van der Waals surface area contributed by atoms with Crippen LogP contribution in [-0.4, -0.2) is 12.6 Å². The predicted molar refractivity (Wildman–Crippen MR) is 94.0 cm³/mol. The number of hydrogen-bond donors (Lipinski definition) is 0. The first-order valence-electron chi connectivity index (χ1n) is 9.03. The molecule has 1 aliphatic carbocycles. The first kappa shape index (κ1) is 15.5. The molecule has 2 aliphatic rings. The second kappa shape index (κ2) is 5.80. The van der Waals surface area contributed by atoms with Gasteiger partial charge in [0.2, 0.25) is 0 Å². The van der Waals surface area contributed by atoms with Crippen molar-refractivity contribution in [3.8, 4) is 5.75 Å². The molecule has 3 heteroatoms. The second-order valence-electron chi connectivity index (χ2n) is 7.12. The lowest BCUT2D eigenvalue weighted by Crippen LogP contribution is -2.33. The third-order valence-corrected chi connectivity index (χ3v) is 5.81. The Bertz CT molecular complexity index is 782. The number of fused-ring (bicyclic) bond motifs is 2. The van der Waals surface area contributed by atoms with Gasteiger partial charge in [-0.15, -0.1) is 0 Å². The summed E-state index contributed by atoms with van der Waals surface area (Å²) in [6.45, 7) is 4.73. The van der Waals surface area contributed by atoms with E-state index in [9.17, 15) is 4.79 Å². The molecular formula is C21H24O3. The van der Waals surface area contributed by atoms with Crippen LogP contribution in [0, 0.1) is 11.8 Å². The predicted octanol–water partition coefficient (Wildman–Crippen LogP) is 4.82. The average molecular weight is 324 g/mol. The van der Waals surface area contributed by atoms with Gasteiger partial charge in [-0.3, -0.25) is 4.79 Å². The van der Waals surface area contributed by atoms with E-state index in [0.717, 1.165) is 41.3 Å². The number of esters is 1. The van der Waals surface area contributed by atoms with E-state index in [1.165, 1.54) is 6.42 Å². The Morgan fingerprint density at radius 2 is 1.88 bits per heavy atom. The molecule has 2 aromatic carbocycles. The maximum absolute atomic E-state index is 12.5. The molecule has 1 saturated heterocycles. The van der Waals surface area contributed by atoms with E-state index in [1.54, 1.807) is 0 Å². The summed E-state index contributed by atoms with van der Waals surface area (Å²) in [6, 6.07) is 12.4. The fourth-order valence-corrected chi connectivity index (χ4v) is 4.67.